The summed E-state index contributed by atoms with van der Waals surface area (Å²) in [5.74, 6) is 0.567. The van der Waals surface area contributed by atoms with Crippen LogP contribution in [0.15, 0.2) is 67.3 Å². The molecule has 0 saturated carbocycles. The maximum atomic E-state index is 12.5. The summed E-state index contributed by atoms with van der Waals surface area (Å²) in [6, 6.07) is 18.5. The van der Waals surface area contributed by atoms with E-state index in [1.165, 1.54) is 18.3 Å². The molecule has 2 heterocycles. The molecule has 3 aromatic rings. The SMILES string of the molecule is O=C(CN1CCC[C@H](c2ccccc2)C1)NCc1ccccc1-n1cncn1. The van der Waals surface area contributed by atoms with Crippen molar-refractivity contribution in [1.82, 2.24) is 25.0 Å². The highest BCUT2D eigenvalue weighted by Gasteiger charge is 2.22. The summed E-state index contributed by atoms with van der Waals surface area (Å²) < 4.78 is 1.72. The molecule has 1 N–H and O–H groups in total. The van der Waals surface area contributed by atoms with Crippen LogP contribution < -0.4 is 5.32 Å². The summed E-state index contributed by atoms with van der Waals surface area (Å²) in [6.07, 6.45) is 5.49. The fraction of sp³-hybridized carbons (Fsp3) is 0.318. The number of nitrogens with one attached hydrogen (secondary N) is 1. The third kappa shape index (κ3) is 4.46. The lowest BCUT2D eigenvalue weighted by atomic mass is 9.91. The van der Waals surface area contributed by atoms with Crippen LogP contribution in [-0.2, 0) is 11.3 Å². The Morgan fingerprint density at radius 2 is 1.93 bits per heavy atom. The molecule has 0 bridgehead atoms. The van der Waals surface area contributed by atoms with Crippen LogP contribution in [0, 0.1) is 0 Å². The summed E-state index contributed by atoms with van der Waals surface area (Å²) in [5.41, 5.74) is 3.32. The number of piperidine rings is 1. The summed E-state index contributed by atoms with van der Waals surface area (Å²) in [7, 11) is 0. The first-order valence-corrected chi connectivity index (χ1v) is 9.76. The number of para-hydroxylation sites is 1. The van der Waals surface area contributed by atoms with Crippen molar-refractivity contribution in [2.45, 2.75) is 25.3 Å². The van der Waals surface area contributed by atoms with Gasteiger partial charge in [0.1, 0.15) is 12.7 Å². The molecule has 6 heteroatoms. The van der Waals surface area contributed by atoms with Crippen molar-refractivity contribution in [3.8, 4) is 5.69 Å². The number of rotatable bonds is 6. The molecular weight excluding hydrogens is 350 g/mol. The van der Waals surface area contributed by atoms with Crippen LogP contribution in [0.3, 0.4) is 0 Å². The largest absolute Gasteiger partial charge is 0.351 e. The second-order valence-corrected chi connectivity index (χ2v) is 7.23. The van der Waals surface area contributed by atoms with Gasteiger partial charge in [-0.1, -0.05) is 48.5 Å². The first-order valence-electron chi connectivity index (χ1n) is 9.76. The Hall–Kier alpha value is -2.99. The van der Waals surface area contributed by atoms with Gasteiger partial charge in [0.25, 0.3) is 0 Å². The topological polar surface area (TPSA) is 63.1 Å². The molecule has 1 amide bonds. The quantitative estimate of drug-likeness (QED) is 0.720. The van der Waals surface area contributed by atoms with Gasteiger partial charge in [-0.3, -0.25) is 9.69 Å². The maximum absolute atomic E-state index is 12.5. The lowest BCUT2D eigenvalue weighted by molar-refractivity contribution is -0.122. The van der Waals surface area contributed by atoms with Crippen LogP contribution >= 0.6 is 0 Å². The molecule has 28 heavy (non-hydrogen) atoms. The summed E-state index contributed by atoms with van der Waals surface area (Å²) in [6.45, 7) is 2.83. The van der Waals surface area contributed by atoms with Crippen LogP contribution in [0.2, 0.25) is 0 Å². The molecule has 4 rings (SSSR count). The van der Waals surface area contributed by atoms with E-state index in [4.69, 9.17) is 0 Å². The molecule has 0 spiro atoms. The van der Waals surface area contributed by atoms with Crippen molar-refractivity contribution < 1.29 is 4.79 Å². The first kappa shape index (κ1) is 18.4. The zero-order chi connectivity index (χ0) is 19.2. The molecule has 1 atom stereocenters. The third-order valence-corrected chi connectivity index (χ3v) is 5.28. The van der Waals surface area contributed by atoms with Crippen molar-refractivity contribution in [3.05, 3.63) is 78.4 Å². The Morgan fingerprint density at radius 1 is 1.11 bits per heavy atom. The van der Waals surface area contributed by atoms with Crippen LogP contribution in [0.1, 0.15) is 29.9 Å². The molecule has 0 radical (unpaired) electrons. The average molecular weight is 375 g/mol. The fourth-order valence-electron chi connectivity index (χ4n) is 3.87. The number of carbonyl (C=O) groups excluding carboxylic acids is 1. The monoisotopic (exact) mass is 375 g/mol. The number of amides is 1. The van der Waals surface area contributed by atoms with Crippen LogP contribution in [0.25, 0.3) is 5.69 Å². The fourth-order valence-corrected chi connectivity index (χ4v) is 3.87. The number of benzene rings is 2. The zero-order valence-corrected chi connectivity index (χ0v) is 15.9. The van der Waals surface area contributed by atoms with E-state index in [0.717, 1.165) is 30.8 Å². The van der Waals surface area contributed by atoms with E-state index in [0.29, 0.717) is 19.0 Å². The van der Waals surface area contributed by atoms with Crippen molar-refractivity contribution in [1.29, 1.82) is 0 Å². The lowest BCUT2D eigenvalue weighted by Crippen LogP contribution is -2.41. The smallest absolute Gasteiger partial charge is 0.234 e. The summed E-state index contributed by atoms with van der Waals surface area (Å²) in [4.78, 5) is 18.8. The number of likely N-dealkylation sites (tertiary alicyclic amines) is 1. The molecule has 1 aromatic heterocycles. The predicted molar refractivity (Wildman–Crippen MR) is 108 cm³/mol. The predicted octanol–water partition coefficient (Wildman–Crippen LogP) is 2.76. The number of nitrogens with zero attached hydrogens (tertiary/aromatic N) is 4. The molecule has 6 nitrogen and oxygen atoms in total. The highest BCUT2D eigenvalue weighted by atomic mass is 16.2. The van der Waals surface area contributed by atoms with Crippen molar-refractivity contribution in [2.75, 3.05) is 19.6 Å². The van der Waals surface area contributed by atoms with Crippen molar-refractivity contribution in [3.63, 3.8) is 0 Å². The maximum Gasteiger partial charge on any atom is 0.234 e. The Kier molecular flexibility index (Phi) is 5.77. The van der Waals surface area contributed by atoms with E-state index in [1.807, 2.05) is 24.3 Å². The van der Waals surface area contributed by atoms with Gasteiger partial charge in [-0.25, -0.2) is 9.67 Å². The van der Waals surface area contributed by atoms with Gasteiger partial charge in [-0.15, -0.1) is 0 Å². The van der Waals surface area contributed by atoms with Gasteiger partial charge < -0.3 is 5.32 Å². The molecule has 2 aromatic carbocycles. The van der Waals surface area contributed by atoms with Crippen LogP contribution in [-0.4, -0.2) is 45.2 Å². The normalized spacial score (nSPS) is 17.4. The Balaban J connectivity index is 1.33. The lowest BCUT2D eigenvalue weighted by Gasteiger charge is -2.32. The first-order chi connectivity index (χ1) is 13.8. The Labute approximate surface area is 165 Å². The molecule has 144 valence electrons. The van der Waals surface area contributed by atoms with Gasteiger partial charge >= 0.3 is 0 Å². The summed E-state index contributed by atoms with van der Waals surface area (Å²) in [5, 5.41) is 7.25. The number of hydrogen-bond acceptors (Lipinski definition) is 4. The second-order valence-electron chi connectivity index (χ2n) is 7.23. The minimum Gasteiger partial charge on any atom is -0.351 e. The third-order valence-electron chi connectivity index (χ3n) is 5.28. The minimum absolute atomic E-state index is 0.0575. The van der Waals surface area contributed by atoms with E-state index in [9.17, 15) is 4.79 Å². The van der Waals surface area contributed by atoms with Crippen LogP contribution in [0.4, 0.5) is 0 Å². The molecule has 0 aliphatic carbocycles. The highest BCUT2D eigenvalue weighted by molar-refractivity contribution is 5.78. The van der Waals surface area contributed by atoms with Gasteiger partial charge in [0, 0.05) is 13.1 Å². The molecule has 0 unspecified atom stereocenters. The number of hydrogen-bond donors (Lipinski definition) is 1. The molecular formula is C22H25N5O. The van der Waals surface area contributed by atoms with Crippen LogP contribution in [0.5, 0.6) is 0 Å². The molecule has 1 aliphatic heterocycles. The van der Waals surface area contributed by atoms with Gasteiger partial charge in [0.2, 0.25) is 5.91 Å². The van der Waals surface area contributed by atoms with E-state index in [-0.39, 0.29) is 5.91 Å². The number of carbonyl (C=O) groups is 1. The Bertz CT molecular complexity index is 894. The van der Waals surface area contributed by atoms with Crippen molar-refractivity contribution in [2.24, 2.45) is 0 Å². The van der Waals surface area contributed by atoms with E-state index in [2.05, 4.69) is 50.6 Å². The van der Waals surface area contributed by atoms with Gasteiger partial charge in [-0.2, -0.15) is 5.10 Å². The molecule has 1 saturated heterocycles. The van der Waals surface area contributed by atoms with Gasteiger partial charge in [0.05, 0.1) is 12.2 Å². The second kappa shape index (κ2) is 8.80. The standard InChI is InChI=1S/C22H25N5O/c28-22(15-26-12-6-10-20(14-26)18-7-2-1-3-8-18)24-13-19-9-4-5-11-21(19)27-17-23-16-25-27/h1-5,7-9,11,16-17,20H,6,10,12-15H2,(H,24,28)/t20-/m0/s1. The molecule has 1 aliphatic rings. The van der Waals surface area contributed by atoms with Gasteiger partial charge in [-0.05, 0) is 42.5 Å². The van der Waals surface area contributed by atoms with E-state index < -0.39 is 0 Å². The number of aromatic nitrogens is 3. The highest BCUT2D eigenvalue weighted by Crippen LogP contribution is 2.26. The average Bonchev–Trinajstić information content (AvgIpc) is 3.28. The van der Waals surface area contributed by atoms with E-state index >= 15 is 0 Å². The molecule has 1 fully saturated rings. The summed E-state index contributed by atoms with van der Waals surface area (Å²) >= 11 is 0. The van der Waals surface area contributed by atoms with Crippen molar-refractivity contribution >= 4 is 5.91 Å². The minimum atomic E-state index is 0.0575. The zero-order valence-electron chi connectivity index (χ0n) is 15.9. The van der Waals surface area contributed by atoms with E-state index in [1.54, 1.807) is 11.0 Å². The Morgan fingerprint density at radius 3 is 2.75 bits per heavy atom. The van der Waals surface area contributed by atoms with Gasteiger partial charge in [0.15, 0.2) is 0 Å².